The first-order chi connectivity index (χ1) is 24.1. The van der Waals surface area contributed by atoms with Crippen LogP contribution in [0.1, 0.15) is 49.7 Å². The normalized spacial score (nSPS) is 17.2. The van der Waals surface area contributed by atoms with Gasteiger partial charge in [-0.3, -0.25) is 9.47 Å². The van der Waals surface area contributed by atoms with Crippen molar-refractivity contribution in [2.24, 2.45) is 0 Å². The molecule has 49 heavy (non-hydrogen) atoms. The summed E-state index contributed by atoms with van der Waals surface area (Å²) in [6.45, 7) is 3.47. The maximum Gasteiger partial charge on any atom is 0.234 e. The highest BCUT2D eigenvalue weighted by Crippen LogP contribution is 2.32. The van der Waals surface area contributed by atoms with Crippen molar-refractivity contribution < 1.29 is 4.74 Å². The first kappa shape index (κ1) is 30.5. The van der Waals surface area contributed by atoms with Gasteiger partial charge in [-0.1, -0.05) is 12.1 Å². The molecular weight excluding hydrogens is 618 g/mol. The minimum atomic E-state index is -0.151. The summed E-state index contributed by atoms with van der Waals surface area (Å²) in [5, 5.41) is 21.8. The van der Waals surface area contributed by atoms with Gasteiger partial charge in [0.15, 0.2) is 17.7 Å². The lowest BCUT2D eigenvalue weighted by molar-refractivity contribution is -0.0479. The van der Waals surface area contributed by atoms with Crippen LogP contribution in [0, 0.1) is 11.3 Å². The number of nitrogen functional groups attached to an aromatic ring is 1. The number of aromatic nitrogens is 9. The molecule has 0 radical (unpaired) electrons. The number of nitrogens with zero attached hydrogens (tertiary/aromatic N) is 11. The minimum absolute atomic E-state index is 0.151. The van der Waals surface area contributed by atoms with Gasteiger partial charge in [0.25, 0.3) is 0 Å². The predicted molar refractivity (Wildman–Crippen MR) is 183 cm³/mol. The van der Waals surface area contributed by atoms with E-state index in [0.29, 0.717) is 40.5 Å². The molecule has 0 spiro atoms. The fourth-order valence-corrected chi connectivity index (χ4v) is 6.52. The molecule has 2 saturated heterocycles. The number of fused-ring (bicyclic) bond motifs is 1. The summed E-state index contributed by atoms with van der Waals surface area (Å²) in [6, 6.07) is 20.3. The van der Waals surface area contributed by atoms with Crippen LogP contribution in [-0.2, 0) is 11.3 Å². The molecule has 2 fully saturated rings. The smallest absolute Gasteiger partial charge is 0.234 e. The number of anilines is 2. The fraction of sp³-hybridized carbons (Fsp3) is 0.314. The van der Waals surface area contributed by atoms with E-state index in [1.807, 2.05) is 34.9 Å². The molecule has 14 heteroatoms. The highest BCUT2D eigenvalue weighted by atomic mass is 16.5. The third-order valence-electron chi connectivity index (χ3n) is 9.06. The van der Waals surface area contributed by atoms with Crippen molar-refractivity contribution in [2.75, 3.05) is 30.7 Å². The molecule has 8 rings (SSSR count). The number of nitrogens with two attached hydrogens (primary N) is 1. The Bertz CT molecular complexity index is 2120. The van der Waals surface area contributed by atoms with Crippen molar-refractivity contribution in [2.45, 2.75) is 50.9 Å². The zero-order valence-corrected chi connectivity index (χ0v) is 26.9. The van der Waals surface area contributed by atoms with Crippen molar-refractivity contribution in [1.29, 1.82) is 5.26 Å². The Morgan fingerprint density at radius 3 is 2.59 bits per heavy atom. The van der Waals surface area contributed by atoms with Crippen molar-refractivity contribution in [3.63, 3.8) is 0 Å². The Morgan fingerprint density at radius 1 is 0.918 bits per heavy atom. The quantitative estimate of drug-likeness (QED) is 0.231. The third-order valence-corrected chi connectivity index (χ3v) is 9.06. The first-order valence-electron chi connectivity index (χ1n) is 16.6. The lowest BCUT2D eigenvalue weighted by Gasteiger charge is -2.32. The Labute approximate surface area is 282 Å². The van der Waals surface area contributed by atoms with Gasteiger partial charge in [-0.15, -0.1) is 5.10 Å². The van der Waals surface area contributed by atoms with Crippen molar-refractivity contribution in [3.8, 4) is 34.5 Å². The molecule has 2 aliphatic rings. The van der Waals surface area contributed by atoms with Gasteiger partial charge >= 0.3 is 0 Å². The van der Waals surface area contributed by atoms with Crippen molar-refractivity contribution >= 4 is 22.8 Å². The monoisotopic (exact) mass is 653 g/mol. The van der Waals surface area contributed by atoms with Crippen LogP contribution >= 0.6 is 0 Å². The maximum absolute atomic E-state index is 9.10. The summed E-state index contributed by atoms with van der Waals surface area (Å²) in [4.78, 5) is 26.7. The van der Waals surface area contributed by atoms with Gasteiger partial charge in [-0.2, -0.15) is 15.2 Å². The second kappa shape index (κ2) is 13.4. The zero-order chi connectivity index (χ0) is 33.2. The molecule has 0 bridgehead atoms. The molecule has 0 saturated carbocycles. The molecule has 6 aromatic rings. The molecule has 1 aromatic carbocycles. The molecule has 7 heterocycles. The van der Waals surface area contributed by atoms with Crippen LogP contribution in [0.4, 0.5) is 11.6 Å². The van der Waals surface area contributed by atoms with E-state index in [4.69, 9.17) is 30.8 Å². The van der Waals surface area contributed by atoms with E-state index in [1.54, 1.807) is 29.5 Å². The topological polar surface area (TPSA) is 174 Å². The molecule has 1 atom stereocenters. The molecule has 1 unspecified atom stereocenters. The summed E-state index contributed by atoms with van der Waals surface area (Å²) in [6.07, 6.45) is 9.89. The first-order valence-corrected chi connectivity index (χ1v) is 16.6. The maximum atomic E-state index is 9.10. The van der Waals surface area contributed by atoms with Crippen LogP contribution in [0.2, 0.25) is 0 Å². The summed E-state index contributed by atoms with van der Waals surface area (Å²) in [7, 11) is 0. The molecule has 14 nitrogen and oxygen atoms in total. The standard InChI is InChI=1S/C35H35N13O/c36-20-31-38-16-12-30(44-31)41-24-13-17-46(18-14-24)22-23-6-8-25(9-7-23)47-34(26-4-3-15-39-33(26)37)43-28-11-10-27(42-35(28)47)29-21-40-48(45-29)32-5-1-2-19-49-32/h3-4,6-12,15-16,21,24,32H,1-2,5,13-14,17-19,22H2,(H2,37,39)(H,38,41,44). The van der Waals surface area contributed by atoms with E-state index >= 15 is 0 Å². The number of pyridine rings is 2. The van der Waals surface area contributed by atoms with Gasteiger partial charge < -0.3 is 15.8 Å². The number of imidazole rings is 1. The lowest BCUT2D eigenvalue weighted by Crippen LogP contribution is -2.38. The second-order valence-corrected chi connectivity index (χ2v) is 12.4. The Morgan fingerprint density at radius 2 is 1.80 bits per heavy atom. The minimum Gasteiger partial charge on any atom is -0.383 e. The van der Waals surface area contributed by atoms with E-state index in [2.05, 4.69) is 54.5 Å². The van der Waals surface area contributed by atoms with E-state index in [-0.39, 0.29) is 12.1 Å². The number of benzene rings is 1. The summed E-state index contributed by atoms with van der Waals surface area (Å²) in [5.74, 6) is 1.94. The zero-order valence-electron chi connectivity index (χ0n) is 26.9. The number of nitrogens with one attached hydrogen (secondary N) is 1. The molecule has 246 valence electrons. The van der Waals surface area contributed by atoms with Gasteiger partial charge in [0.05, 0.1) is 17.5 Å². The van der Waals surface area contributed by atoms with Crippen LogP contribution < -0.4 is 11.1 Å². The molecule has 5 aromatic heterocycles. The van der Waals surface area contributed by atoms with Crippen LogP contribution in [0.15, 0.2) is 73.2 Å². The fourth-order valence-electron chi connectivity index (χ4n) is 6.52. The molecule has 3 N–H and O–H groups in total. The largest absolute Gasteiger partial charge is 0.383 e. The number of hydrogen-bond donors (Lipinski definition) is 2. The van der Waals surface area contributed by atoms with Gasteiger partial charge in [0.1, 0.15) is 28.9 Å². The Kier molecular flexibility index (Phi) is 8.34. The molecule has 0 amide bonds. The van der Waals surface area contributed by atoms with Gasteiger partial charge in [0, 0.05) is 50.4 Å². The lowest BCUT2D eigenvalue weighted by atomic mass is 10.0. The van der Waals surface area contributed by atoms with Crippen LogP contribution in [0.5, 0.6) is 0 Å². The number of piperidine rings is 1. The average Bonchev–Trinajstić information content (AvgIpc) is 3.79. The number of ether oxygens (including phenoxy) is 1. The number of hydrogen-bond acceptors (Lipinski definition) is 12. The number of likely N-dealkylation sites (tertiary alicyclic amines) is 1. The molecule has 0 aliphatic carbocycles. The van der Waals surface area contributed by atoms with E-state index in [1.165, 1.54) is 5.56 Å². The van der Waals surface area contributed by atoms with Crippen LogP contribution in [0.25, 0.3) is 39.6 Å². The highest BCUT2D eigenvalue weighted by Gasteiger charge is 2.23. The van der Waals surface area contributed by atoms with Gasteiger partial charge in [0.2, 0.25) is 5.82 Å². The Hall–Kier alpha value is -5.78. The van der Waals surface area contributed by atoms with E-state index in [9.17, 15) is 0 Å². The Balaban J connectivity index is 1.04. The van der Waals surface area contributed by atoms with E-state index in [0.717, 1.165) is 75.1 Å². The van der Waals surface area contributed by atoms with Crippen LogP contribution in [0.3, 0.4) is 0 Å². The van der Waals surface area contributed by atoms with Crippen LogP contribution in [-0.4, -0.2) is 75.1 Å². The number of nitriles is 1. The van der Waals surface area contributed by atoms with E-state index < -0.39 is 0 Å². The summed E-state index contributed by atoms with van der Waals surface area (Å²) in [5.41, 5.74) is 12.0. The second-order valence-electron chi connectivity index (χ2n) is 12.4. The van der Waals surface area contributed by atoms with Crippen molar-refractivity contribution in [3.05, 3.63) is 84.6 Å². The third kappa shape index (κ3) is 6.41. The van der Waals surface area contributed by atoms with Gasteiger partial charge in [-0.05, 0) is 80.1 Å². The predicted octanol–water partition coefficient (Wildman–Crippen LogP) is 4.76. The summed E-state index contributed by atoms with van der Waals surface area (Å²) >= 11 is 0. The SMILES string of the molecule is N#Cc1nccc(NC2CCN(Cc3ccc(-n4c(-c5cccnc5N)nc5ccc(-c6cnn(C7CCCCO7)n6)nc54)cc3)CC2)n1. The molecule has 2 aliphatic heterocycles. The molecular formula is C35H35N13O. The highest BCUT2D eigenvalue weighted by molar-refractivity contribution is 5.84. The summed E-state index contributed by atoms with van der Waals surface area (Å²) < 4.78 is 7.92. The number of rotatable bonds is 8. The van der Waals surface area contributed by atoms with Gasteiger partial charge in [-0.25, -0.2) is 24.9 Å². The van der Waals surface area contributed by atoms with Crippen molar-refractivity contribution in [1.82, 2.24) is 49.4 Å². The average molecular weight is 654 g/mol.